The van der Waals surface area contributed by atoms with Gasteiger partial charge in [0.25, 0.3) is 11.8 Å². The van der Waals surface area contributed by atoms with E-state index >= 15 is 0 Å². The Balaban J connectivity index is 1.65. The van der Waals surface area contributed by atoms with E-state index in [4.69, 9.17) is 11.6 Å². The van der Waals surface area contributed by atoms with E-state index in [1.165, 1.54) is 15.7 Å². The highest BCUT2D eigenvalue weighted by Gasteiger charge is 2.39. The summed E-state index contributed by atoms with van der Waals surface area (Å²) in [5, 5.41) is 12.2. The van der Waals surface area contributed by atoms with E-state index in [0.29, 0.717) is 18.4 Å². The van der Waals surface area contributed by atoms with Gasteiger partial charge in [-0.3, -0.25) is 14.4 Å². The molecular weight excluding hydrogens is 444 g/mol. The lowest BCUT2D eigenvalue weighted by molar-refractivity contribution is 0.0699. The molecule has 0 saturated heterocycles. The van der Waals surface area contributed by atoms with Gasteiger partial charge in [0.1, 0.15) is 22.2 Å². The maximum absolute atomic E-state index is 14.1. The Bertz CT molecular complexity index is 1180. The molecule has 1 unspecified atom stereocenters. The number of hydrogen-bond donors (Lipinski definition) is 2. The Kier molecular flexibility index (Phi) is 5.70. The van der Waals surface area contributed by atoms with E-state index in [1.807, 2.05) is 0 Å². The first-order valence-electron chi connectivity index (χ1n) is 10.2. The molecule has 2 N–H and O–H groups in total. The number of amides is 2. The summed E-state index contributed by atoms with van der Waals surface area (Å²) >= 11 is 5.55. The minimum absolute atomic E-state index is 0.0653. The molecule has 3 atom stereocenters. The van der Waals surface area contributed by atoms with Crippen LogP contribution in [0.2, 0.25) is 5.02 Å². The molecule has 1 aromatic heterocycles. The molecule has 2 aromatic rings. The molecule has 0 radical (unpaired) electrons. The van der Waals surface area contributed by atoms with Gasteiger partial charge in [-0.2, -0.15) is 0 Å². The molecule has 2 heterocycles. The maximum atomic E-state index is 14.1. The number of halogens is 3. The van der Waals surface area contributed by atoms with E-state index in [-0.39, 0.29) is 29.4 Å². The normalized spacial score (nSPS) is 22.0. The van der Waals surface area contributed by atoms with Crippen molar-refractivity contribution in [3.8, 4) is 5.75 Å². The molecule has 0 bridgehead atoms. The van der Waals surface area contributed by atoms with Crippen molar-refractivity contribution in [1.82, 2.24) is 14.8 Å². The lowest BCUT2D eigenvalue weighted by Gasteiger charge is -2.34. The highest BCUT2D eigenvalue weighted by Crippen LogP contribution is 2.44. The molecule has 32 heavy (non-hydrogen) atoms. The first-order chi connectivity index (χ1) is 15.1. The second-order valence-electron chi connectivity index (χ2n) is 8.54. The molecule has 1 aliphatic heterocycles. The number of nitrogens with zero attached hydrogens (tertiary/aromatic N) is 2. The molecule has 170 valence electrons. The third-order valence-electron chi connectivity index (χ3n) is 6.29. The van der Waals surface area contributed by atoms with Gasteiger partial charge < -0.3 is 19.9 Å². The zero-order valence-corrected chi connectivity index (χ0v) is 18.2. The second-order valence-corrected chi connectivity index (χ2v) is 8.92. The van der Waals surface area contributed by atoms with Crippen LogP contribution in [0, 0.1) is 23.5 Å². The zero-order valence-electron chi connectivity index (χ0n) is 17.5. The van der Waals surface area contributed by atoms with E-state index in [9.17, 15) is 28.3 Å². The van der Waals surface area contributed by atoms with Gasteiger partial charge in [0, 0.05) is 31.9 Å². The van der Waals surface area contributed by atoms with Crippen LogP contribution in [0.1, 0.15) is 52.2 Å². The van der Waals surface area contributed by atoms with Gasteiger partial charge in [0.2, 0.25) is 5.43 Å². The van der Waals surface area contributed by atoms with Crippen molar-refractivity contribution in [2.24, 2.45) is 11.8 Å². The fourth-order valence-corrected chi connectivity index (χ4v) is 4.37. The van der Waals surface area contributed by atoms with Crippen LogP contribution in [-0.2, 0) is 6.54 Å². The molecule has 1 fully saturated rings. The summed E-state index contributed by atoms with van der Waals surface area (Å²) in [7, 11) is 1.60. The van der Waals surface area contributed by atoms with Gasteiger partial charge >= 0.3 is 0 Å². The Morgan fingerprint density at radius 1 is 1.31 bits per heavy atom. The smallest absolute Gasteiger partial charge is 0.274 e. The van der Waals surface area contributed by atoms with Crippen LogP contribution >= 0.6 is 11.6 Å². The van der Waals surface area contributed by atoms with Crippen molar-refractivity contribution in [1.29, 1.82) is 0 Å². The van der Waals surface area contributed by atoms with Crippen LogP contribution in [0.4, 0.5) is 8.78 Å². The largest absolute Gasteiger partial charge is 0.503 e. The van der Waals surface area contributed by atoms with Crippen LogP contribution in [0.15, 0.2) is 23.1 Å². The van der Waals surface area contributed by atoms with E-state index in [1.54, 1.807) is 7.05 Å². The number of hydrogen-bond acceptors (Lipinski definition) is 4. The summed E-state index contributed by atoms with van der Waals surface area (Å²) in [6.45, 7) is 2.17. The topological polar surface area (TPSA) is 91.6 Å². The first kappa shape index (κ1) is 22.3. The lowest BCUT2D eigenvalue weighted by Crippen LogP contribution is -2.43. The molecule has 2 aliphatic rings. The third kappa shape index (κ3) is 3.85. The van der Waals surface area contributed by atoms with E-state index in [2.05, 4.69) is 12.2 Å². The van der Waals surface area contributed by atoms with Gasteiger partial charge in [-0.1, -0.05) is 24.6 Å². The SMILES string of the molecule is CC1C[C@H]1C[C@H]1CN(C)C(=O)c2c(O)c(=O)c(C(=O)NCc3ccc(F)c(Cl)c3F)cn21. The fraction of sp³-hybridized carbons (Fsp3) is 0.409. The van der Waals surface area contributed by atoms with Gasteiger partial charge in [-0.15, -0.1) is 0 Å². The number of pyridine rings is 1. The predicted molar refractivity (Wildman–Crippen MR) is 113 cm³/mol. The Hall–Kier alpha value is -2.94. The third-order valence-corrected chi connectivity index (χ3v) is 6.63. The van der Waals surface area contributed by atoms with E-state index < -0.39 is 39.6 Å². The van der Waals surface area contributed by atoms with E-state index in [0.717, 1.165) is 25.0 Å². The van der Waals surface area contributed by atoms with Crippen LogP contribution in [0.3, 0.4) is 0 Å². The highest BCUT2D eigenvalue weighted by molar-refractivity contribution is 6.30. The average Bonchev–Trinajstić information content (AvgIpc) is 3.45. The van der Waals surface area contributed by atoms with Crippen LogP contribution in [-0.4, -0.2) is 40.0 Å². The predicted octanol–water partition coefficient (Wildman–Crippen LogP) is 3.09. The first-order valence-corrected chi connectivity index (χ1v) is 10.6. The average molecular weight is 466 g/mol. The Morgan fingerprint density at radius 3 is 2.66 bits per heavy atom. The molecule has 10 heteroatoms. The number of rotatable bonds is 5. The van der Waals surface area contributed by atoms with Crippen molar-refractivity contribution in [2.75, 3.05) is 13.6 Å². The van der Waals surface area contributed by atoms with Crippen LogP contribution in [0.25, 0.3) is 0 Å². The summed E-state index contributed by atoms with van der Waals surface area (Å²) in [4.78, 5) is 39.4. The van der Waals surface area contributed by atoms with Crippen molar-refractivity contribution in [3.63, 3.8) is 0 Å². The van der Waals surface area contributed by atoms with Crippen molar-refractivity contribution < 1.29 is 23.5 Å². The van der Waals surface area contributed by atoms with Gasteiger partial charge in [0.05, 0.1) is 6.04 Å². The molecule has 1 aromatic carbocycles. The monoisotopic (exact) mass is 465 g/mol. The summed E-state index contributed by atoms with van der Waals surface area (Å²) < 4.78 is 28.9. The number of aromatic nitrogens is 1. The number of carbonyl (C=O) groups excluding carboxylic acids is 2. The fourth-order valence-electron chi connectivity index (χ4n) is 4.19. The number of likely N-dealkylation sites (N-methyl/N-ethyl adjacent to an activating group) is 1. The van der Waals surface area contributed by atoms with Gasteiger partial charge in [0.15, 0.2) is 11.4 Å². The number of aromatic hydroxyl groups is 1. The second kappa shape index (κ2) is 8.20. The number of nitrogens with one attached hydrogen (secondary N) is 1. The number of fused-ring (bicyclic) bond motifs is 1. The zero-order chi connectivity index (χ0) is 23.3. The molecule has 0 spiro atoms. The summed E-state index contributed by atoms with van der Waals surface area (Å²) in [5.41, 5.74) is -1.57. The van der Waals surface area contributed by atoms with Crippen molar-refractivity contribution >= 4 is 23.4 Å². The Labute approximate surface area is 187 Å². The molecule has 4 rings (SSSR count). The van der Waals surface area contributed by atoms with Crippen molar-refractivity contribution in [3.05, 3.63) is 62.0 Å². The van der Waals surface area contributed by atoms with Gasteiger partial charge in [-0.05, 0) is 30.7 Å². The summed E-state index contributed by atoms with van der Waals surface area (Å²) in [5.74, 6) is -3.06. The molecule has 1 aliphatic carbocycles. The molecular formula is C22H22ClF2N3O4. The molecule has 2 amide bonds. The highest BCUT2D eigenvalue weighted by atomic mass is 35.5. The maximum Gasteiger partial charge on any atom is 0.274 e. The van der Waals surface area contributed by atoms with Gasteiger partial charge in [-0.25, -0.2) is 8.78 Å². The number of carbonyl (C=O) groups is 2. The minimum atomic E-state index is -1.01. The summed E-state index contributed by atoms with van der Waals surface area (Å²) in [6.07, 6.45) is 3.09. The summed E-state index contributed by atoms with van der Waals surface area (Å²) in [6, 6.07) is 1.90. The number of benzene rings is 1. The van der Waals surface area contributed by atoms with Crippen molar-refractivity contribution in [2.45, 2.75) is 32.4 Å². The quantitative estimate of drug-likeness (QED) is 0.664. The minimum Gasteiger partial charge on any atom is -0.503 e. The van der Waals surface area contributed by atoms with Crippen LogP contribution < -0.4 is 10.7 Å². The van der Waals surface area contributed by atoms with Crippen LogP contribution in [0.5, 0.6) is 5.75 Å². The Morgan fingerprint density at radius 2 is 2.00 bits per heavy atom. The molecule has 7 nitrogen and oxygen atoms in total. The standard InChI is InChI=1S/C22H22ClF2N3O4/c1-10-5-12(10)6-13-8-27(2)22(32)18-20(30)19(29)14(9-28(13)18)21(31)26-7-11-3-4-15(24)16(23)17(11)25/h3-4,9-10,12-13,30H,5-8H2,1-2H3,(H,26,31)/t10?,12-,13-/m0/s1. The lowest BCUT2D eigenvalue weighted by atomic mass is 10.0. The molecule has 1 saturated carbocycles.